The van der Waals surface area contributed by atoms with E-state index in [9.17, 15) is 9.18 Å². The fourth-order valence-electron chi connectivity index (χ4n) is 1.89. The van der Waals surface area contributed by atoms with E-state index < -0.39 is 5.82 Å². The lowest BCUT2D eigenvalue weighted by Crippen LogP contribution is -2.32. The summed E-state index contributed by atoms with van der Waals surface area (Å²) in [6.45, 7) is 2.27. The number of benzene rings is 1. The molecule has 0 spiro atoms. The molecular formula is C15H16ClFN2OS. The molecule has 0 aliphatic rings. The van der Waals surface area contributed by atoms with Gasteiger partial charge in [0.1, 0.15) is 5.82 Å². The summed E-state index contributed by atoms with van der Waals surface area (Å²) in [7, 11) is 1.89. The van der Waals surface area contributed by atoms with Gasteiger partial charge in [0.05, 0.1) is 17.3 Å². The normalized spacial score (nSPS) is 12.4. The van der Waals surface area contributed by atoms with Gasteiger partial charge < -0.3 is 5.32 Å². The minimum Gasteiger partial charge on any atom is -0.324 e. The summed E-state index contributed by atoms with van der Waals surface area (Å²) < 4.78 is 13.0. The van der Waals surface area contributed by atoms with Crippen molar-refractivity contribution in [1.29, 1.82) is 0 Å². The molecule has 1 aromatic heterocycles. The van der Waals surface area contributed by atoms with E-state index in [1.807, 2.05) is 36.4 Å². The SMILES string of the molecule is C[C@H](c1cccs1)N(C)CC(=O)Nc1ccc(F)cc1Cl. The number of halogens is 2. The zero-order chi connectivity index (χ0) is 15.4. The highest BCUT2D eigenvalue weighted by atomic mass is 35.5. The Hall–Kier alpha value is -1.43. The van der Waals surface area contributed by atoms with Gasteiger partial charge in [0.25, 0.3) is 0 Å². The number of carbonyl (C=O) groups is 1. The average Bonchev–Trinajstić information content (AvgIpc) is 2.95. The first kappa shape index (κ1) is 15.9. The number of thiophene rings is 1. The van der Waals surface area contributed by atoms with Crippen LogP contribution in [0, 0.1) is 5.82 Å². The molecule has 112 valence electrons. The third-order valence-electron chi connectivity index (χ3n) is 3.21. The van der Waals surface area contributed by atoms with Gasteiger partial charge in [-0.25, -0.2) is 4.39 Å². The molecule has 6 heteroatoms. The van der Waals surface area contributed by atoms with Crippen molar-refractivity contribution in [2.45, 2.75) is 13.0 Å². The van der Waals surface area contributed by atoms with Crippen LogP contribution in [0.3, 0.4) is 0 Å². The Morgan fingerprint density at radius 2 is 2.24 bits per heavy atom. The highest BCUT2D eigenvalue weighted by Gasteiger charge is 2.16. The zero-order valence-corrected chi connectivity index (χ0v) is 13.3. The maximum absolute atomic E-state index is 13.0. The van der Waals surface area contributed by atoms with Crippen LogP contribution in [0.4, 0.5) is 10.1 Å². The van der Waals surface area contributed by atoms with Gasteiger partial charge in [0.2, 0.25) is 5.91 Å². The van der Waals surface area contributed by atoms with Crippen LogP contribution in [0.1, 0.15) is 17.8 Å². The number of amides is 1. The topological polar surface area (TPSA) is 32.3 Å². The predicted molar refractivity (Wildman–Crippen MR) is 85.4 cm³/mol. The Balaban J connectivity index is 1.95. The molecule has 3 nitrogen and oxygen atoms in total. The first-order valence-corrected chi connectivity index (χ1v) is 7.71. The van der Waals surface area contributed by atoms with Crippen LogP contribution in [-0.4, -0.2) is 24.4 Å². The number of nitrogens with one attached hydrogen (secondary N) is 1. The summed E-state index contributed by atoms with van der Waals surface area (Å²) >= 11 is 7.55. The van der Waals surface area contributed by atoms with E-state index in [0.717, 1.165) is 0 Å². The van der Waals surface area contributed by atoms with Crippen molar-refractivity contribution in [2.24, 2.45) is 0 Å². The first-order chi connectivity index (χ1) is 9.97. The van der Waals surface area contributed by atoms with Crippen LogP contribution >= 0.6 is 22.9 Å². The Kier molecular flexibility index (Phi) is 5.33. The van der Waals surface area contributed by atoms with Gasteiger partial charge in [-0.3, -0.25) is 9.69 Å². The highest BCUT2D eigenvalue weighted by molar-refractivity contribution is 7.10. The maximum Gasteiger partial charge on any atom is 0.238 e. The van der Waals surface area contributed by atoms with Crippen LogP contribution < -0.4 is 5.32 Å². The van der Waals surface area contributed by atoms with E-state index in [-0.39, 0.29) is 23.5 Å². The standard InChI is InChI=1S/C15H16ClFN2OS/c1-10(14-4-3-7-21-14)19(2)9-15(20)18-13-6-5-11(17)8-12(13)16/h3-8,10H,9H2,1-2H3,(H,18,20)/t10-/m1/s1. The number of likely N-dealkylation sites (N-methyl/N-ethyl adjacent to an activating group) is 1. The van der Waals surface area contributed by atoms with E-state index >= 15 is 0 Å². The van der Waals surface area contributed by atoms with Gasteiger partial charge in [0.15, 0.2) is 0 Å². The quantitative estimate of drug-likeness (QED) is 0.894. The largest absolute Gasteiger partial charge is 0.324 e. The van der Waals surface area contributed by atoms with Gasteiger partial charge in [-0.05, 0) is 43.6 Å². The molecule has 0 unspecified atom stereocenters. The molecule has 0 aliphatic carbocycles. The third kappa shape index (κ3) is 4.27. The molecule has 0 saturated heterocycles. The van der Waals surface area contributed by atoms with Gasteiger partial charge in [0, 0.05) is 10.9 Å². The van der Waals surface area contributed by atoms with Crippen molar-refractivity contribution < 1.29 is 9.18 Å². The Morgan fingerprint density at radius 3 is 2.86 bits per heavy atom. The average molecular weight is 327 g/mol. The summed E-state index contributed by atoms with van der Waals surface area (Å²) in [5.74, 6) is -0.615. The second-order valence-electron chi connectivity index (χ2n) is 4.78. The molecule has 1 N–H and O–H groups in total. The molecule has 1 amide bonds. The lowest BCUT2D eigenvalue weighted by molar-refractivity contribution is -0.117. The molecule has 2 aromatic rings. The summed E-state index contributed by atoms with van der Waals surface area (Å²) in [6.07, 6.45) is 0. The molecule has 0 bridgehead atoms. The van der Waals surface area contributed by atoms with Crippen LogP contribution in [0.2, 0.25) is 5.02 Å². The maximum atomic E-state index is 13.0. The number of anilines is 1. The van der Waals surface area contributed by atoms with Gasteiger partial charge in [-0.1, -0.05) is 17.7 Å². The van der Waals surface area contributed by atoms with E-state index in [4.69, 9.17) is 11.6 Å². The van der Waals surface area contributed by atoms with Crippen LogP contribution in [0.25, 0.3) is 0 Å². The van der Waals surface area contributed by atoms with Gasteiger partial charge >= 0.3 is 0 Å². The van der Waals surface area contributed by atoms with E-state index in [0.29, 0.717) is 5.69 Å². The van der Waals surface area contributed by atoms with Crippen LogP contribution in [-0.2, 0) is 4.79 Å². The number of nitrogens with zero attached hydrogens (tertiary/aromatic N) is 1. The minimum absolute atomic E-state index is 0.152. The number of hydrogen-bond acceptors (Lipinski definition) is 3. The van der Waals surface area contributed by atoms with Crippen molar-refractivity contribution in [2.75, 3.05) is 18.9 Å². The van der Waals surface area contributed by atoms with E-state index in [1.165, 1.54) is 23.1 Å². The number of hydrogen-bond donors (Lipinski definition) is 1. The molecule has 0 radical (unpaired) electrons. The Labute approximate surface area is 132 Å². The second kappa shape index (κ2) is 7.02. The second-order valence-corrected chi connectivity index (χ2v) is 6.17. The van der Waals surface area contributed by atoms with Crippen molar-refractivity contribution in [3.05, 3.63) is 51.4 Å². The lowest BCUT2D eigenvalue weighted by atomic mass is 10.2. The Morgan fingerprint density at radius 1 is 1.48 bits per heavy atom. The minimum atomic E-state index is -0.429. The molecule has 0 fully saturated rings. The van der Waals surface area contributed by atoms with Gasteiger partial charge in [-0.2, -0.15) is 0 Å². The fourth-order valence-corrected chi connectivity index (χ4v) is 2.95. The van der Waals surface area contributed by atoms with Crippen LogP contribution in [0.5, 0.6) is 0 Å². The smallest absolute Gasteiger partial charge is 0.238 e. The molecule has 1 aromatic carbocycles. The first-order valence-electron chi connectivity index (χ1n) is 6.46. The van der Waals surface area contributed by atoms with Crippen molar-refractivity contribution >= 4 is 34.5 Å². The highest BCUT2D eigenvalue weighted by Crippen LogP contribution is 2.24. The molecule has 1 heterocycles. The summed E-state index contributed by atoms with van der Waals surface area (Å²) in [5, 5.41) is 4.90. The molecule has 1 atom stereocenters. The molecule has 0 aliphatic heterocycles. The fraction of sp³-hybridized carbons (Fsp3) is 0.267. The van der Waals surface area contributed by atoms with E-state index in [2.05, 4.69) is 5.32 Å². The van der Waals surface area contributed by atoms with Gasteiger partial charge in [-0.15, -0.1) is 11.3 Å². The summed E-state index contributed by atoms with van der Waals surface area (Å²) in [4.78, 5) is 15.2. The zero-order valence-electron chi connectivity index (χ0n) is 11.8. The molecule has 21 heavy (non-hydrogen) atoms. The van der Waals surface area contributed by atoms with Crippen LogP contribution in [0.15, 0.2) is 35.7 Å². The van der Waals surface area contributed by atoms with Crippen molar-refractivity contribution in [3.8, 4) is 0 Å². The summed E-state index contributed by atoms with van der Waals surface area (Å²) in [6, 6.07) is 8.08. The molecule has 2 rings (SSSR count). The van der Waals surface area contributed by atoms with Crippen molar-refractivity contribution in [1.82, 2.24) is 4.90 Å². The number of rotatable bonds is 5. The monoisotopic (exact) mass is 326 g/mol. The third-order valence-corrected chi connectivity index (χ3v) is 4.57. The molecule has 0 saturated carbocycles. The van der Waals surface area contributed by atoms with E-state index in [1.54, 1.807) is 11.3 Å². The summed E-state index contributed by atoms with van der Waals surface area (Å²) in [5.41, 5.74) is 0.417. The lowest BCUT2D eigenvalue weighted by Gasteiger charge is -2.23. The predicted octanol–water partition coefficient (Wildman–Crippen LogP) is 4.17. The number of carbonyl (C=O) groups excluding carboxylic acids is 1. The van der Waals surface area contributed by atoms with Crippen molar-refractivity contribution in [3.63, 3.8) is 0 Å². The Bertz CT molecular complexity index is 618. The molecular weight excluding hydrogens is 311 g/mol.